The Kier molecular flexibility index (Phi) is 3.03. The molecule has 16 heavy (non-hydrogen) atoms. The average molecular weight is 259 g/mol. The highest BCUT2D eigenvalue weighted by Gasteiger charge is 2.32. The van der Waals surface area contributed by atoms with E-state index >= 15 is 0 Å². The molecule has 2 unspecified atom stereocenters. The maximum Gasteiger partial charge on any atom is 0.151 e. The molecule has 2 rings (SSSR count). The van der Waals surface area contributed by atoms with Crippen LogP contribution in [0.1, 0.15) is 6.42 Å². The van der Waals surface area contributed by atoms with Gasteiger partial charge in [0, 0.05) is 10.6 Å². The van der Waals surface area contributed by atoms with Gasteiger partial charge in [-0.15, -0.1) is 0 Å². The van der Waals surface area contributed by atoms with E-state index in [1.807, 2.05) is 0 Å². The minimum Gasteiger partial charge on any atom is -0.399 e. The van der Waals surface area contributed by atoms with E-state index in [0.717, 1.165) is 0 Å². The summed E-state index contributed by atoms with van der Waals surface area (Å²) in [6, 6.07) is 6.80. The van der Waals surface area contributed by atoms with Gasteiger partial charge in [-0.25, -0.2) is 8.42 Å². The summed E-state index contributed by atoms with van der Waals surface area (Å²) in [6.45, 7) is 0. The molecule has 1 fully saturated rings. The summed E-state index contributed by atoms with van der Waals surface area (Å²) in [7, 11) is -4.26. The van der Waals surface area contributed by atoms with Crippen molar-refractivity contribution < 1.29 is 12.6 Å². The van der Waals surface area contributed by atoms with Gasteiger partial charge >= 0.3 is 0 Å². The molecule has 0 spiro atoms. The highest BCUT2D eigenvalue weighted by Crippen LogP contribution is 2.22. The lowest BCUT2D eigenvalue weighted by Gasteiger charge is -2.08. The van der Waals surface area contributed by atoms with Crippen LogP contribution in [0.3, 0.4) is 0 Å². The van der Waals surface area contributed by atoms with Crippen LogP contribution in [0, 0.1) is 0 Å². The van der Waals surface area contributed by atoms with Crippen LogP contribution in [-0.2, 0) is 20.6 Å². The molecule has 2 atom stereocenters. The van der Waals surface area contributed by atoms with Crippen molar-refractivity contribution in [2.75, 3.05) is 17.2 Å². The van der Waals surface area contributed by atoms with Gasteiger partial charge < -0.3 is 5.73 Å². The van der Waals surface area contributed by atoms with Crippen molar-refractivity contribution in [2.45, 2.75) is 16.6 Å². The molecular weight excluding hydrogens is 246 g/mol. The lowest BCUT2D eigenvalue weighted by atomic mass is 10.3. The molecule has 88 valence electrons. The summed E-state index contributed by atoms with van der Waals surface area (Å²) in [5, 5.41) is -0.285. The zero-order valence-corrected chi connectivity index (χ0v) is 10.3. The molecule has 4 nitrogen and oxygen atoms in total. The van der Waals surface area contributed by atoms with Crippen LogP contribution in [0.4, 0.5) is 5.69 Å². The van der Waals surface area contributed by atoms with Gasteiger partial charge in [-0.05, 0) is 24.6 Å². The van der Waals surface area contributed by atoms with Crippen molar-refractivity contribution in [1.82, 2.24) is 0 Å². The van der Waals surface area contributed by atoms with Crippen LogP contribution in [0.2, 0.25) is 0 Å². The molecule has 0 radical (unpaired) electrons. The Bertz CT molecular complexity index is 525. The summed E-state index contributed by atoms with van der Waals surface area (Å²) in [4.78, 5) is 0.613. The summed E-state index contributed by atoms with van der Waals surface area (Å²) in [5.74, 6) is 0.167. The number of nitrogens with two attached hydrogens (primary N) is 1. The summed E-state index contributed by atoms with van der Waals surface area (Å²) < 4.78 is 34.6. The molecule has 2 N–H and O–H groups in total. The number of benzene rings is 1. The van der Waals surface area contributed by atoms with Crippen molar-refractivity contribution in [3.05, 3.63) is 24.3 Å². The molecular formula is C10H13NO3S2. The number of nitrogen functional groups attached to an aromatic ring is 1. The predicted octanol–water partition coefficient (Wildman–Crippen LogP) is 0.563. The first kappa shape index (κ1) is 11.6. The Labute approximate surface area is 97.2 Å². The maximum absolute atomic E-state index is 12.1. The fraction of sp³-hybridized carbons (Fsp3) is 0.400. The number of anilines is 1. The normalized spacial score (nSPS) is 25.4. The second-order valence-corrected chi connectivity index (χ2v) is 7.86. The first-order chi connectivity index (χ1) is 7.48. The summed E-state index contributed by atoms with van der Waals surface area (Å²) >= 11 is 0. The van der Waals surface area contributed by atoms with Gasteiger partial charge in [-0.2, -0.15) is 0 Å². The monoisotopic (exact) mass is 259 g/mol. The van der Waals surface area contributed by atoms with E-state index in [1.54, 1.807) is 24.3 Å². The van der Waals surface area contributed by atoms with Crippen molar-refractivity contribution in [3.63, 3.8) is 0 Å². The van der Waals surface area contributed by atoms with Gasteiger partial charge in [0.2, 0.25) is 0 Å². The largest absolute Gasteiger partial charge is 0.399 e. The van der Waals surface area contributed by atoms with Crippen LogP contribution in [0.15, 0.2) is 29.2 Å². The fourth-order valence-corrected chi connectivity index (χ4v) is 5.75. The molecule has 0 amide bonds. The van der Waals surface area contributed by atoms with Gasteiger partial charge in [-0.3, -0.25) is 4.21 Å². The second-order valence-electron chi connectivity index (χ2n) is 3.89. The predicted molar refractivity (Wildman–Crippen MR) is 64.3 cm³/mol. The molecule has 6 heteroatoms. The third-order valence-corrected chi connectivity index (χ3v) is 6.29. The van der Waals surface area contributed by atoms with Crippen LogP contribution in [-0.4, -0.2) is 29.4 Å². The highest BCUT2D eigenvalue weighted by atomic mass is 32.2. The molecule has 0 bridgehead atoms. The molecule has 1 aliphatic rings. The molecule has 0 aromatic heterocycles. The van der Waals surface area contributed by atoms with E-state index in [4.69, 9.17) is 5.73 Å². The van der Waals surface area contributed by atoms with Crippen molar-refractivity contribution in [2.24, 2.45) is 0 Å². The fourth-order valence-electron chi connectivity index (χ4n) is 1.76. The van der Waals surface area contributed by atoms with Gasteiger partial charge in [0.25, 0.3) is 0 Å². The zero-order chi connectivity index (χ0) is 11.8. The molecule has 1 heterocycles. The summed E-state index contributed by atoms with van der Waals surface area (Å²) in [6.07, 6.45) is 0.476. The SMILES string of the molecule is Nc1cccc(S(=O)C2CCS(=O)(=O)C2)c1. The van der Waals surface area contributed by atoms with Gasteiger partial charge in [0.05, 0.1) is 27.6 Å². The Morgan fingerprint density at radius 1 is 1.38 bits per heavy atom. The molecule has 0 aliphatic carbocycles. The number of rotatable bonds is 2. The standard InChI is InChI=1S/C10H13NO3S2/c11-8-2-1-3-9(6-8)15(12)10-4-5-16(13,14)7-10/h1-3,6,10H,4-5,7,11H2. The van der Waals surface area contributed by atoms with Crippen molar-refractivity contribution >= 4 is 26.3 Å². The quantitative estimate of drug-likeness (QED) is 0.787. The van der Waals surface area contributed by atoms with Gasteiger partial charge in [0.15, 0.2) is 9.84 Å². The number of sulfone groups is 1. The van der Waals surface area contributed by atoms with Gasteiger partial charge in [0.1, 0.15) is 0 Å². The smallest absolute Gasteiger partial charge is 0.151 e. The lowest BCUT2D eigenvalue weighted by Crippen LogP contribution is -2.16. The van der Waals surface area contributed by atoms with E-state index in [1.165, 1.54) is 0 Å². The number of hydrogen-bond donors (Lipinski definition) is 1. The Morgan fingerprint density at radius 2 is 2.12 bits per heavy atom. The van der Waals surface area contributed by atoms with E-state index in [-0.39, 0.29) is 16.8 Å². The van der Waals surface area contributed by atoms with Gasteiger partial charge in [-0.1, -0.05) is 6.07 Å². The summed E-state index contributed by atoms with van der Waals surface area (Å²) in [5.41, 5.74) is 6.14. The molecule has 1 saturated heterocycles. The van der Waals surface area contributed by atoms with Crippen molar-refractivity contribution in [3.8, 4) is 0 Å². The molecule has 1 aliphatic heterocycles. The van der Waals surface area contributed by atoms with Crippen molar-refractivity contribution in [1.29, 1.82) is 0 Å². The average Bonchev–Trinajstić information content (AvgIpc) is 2.58. The first-order valence-corrected chi connectivity index (χ1v) is 7.98. The topological polar surface area (TPSA) is 77.2 Å². The molecule has 1 aromatic rings. The van der Waals surface area contributed by atoms with E-state index in [0.29, 0.717) is 17.0 Å². The third kappa shape index (κ3) is 2.44. The van der Waals surface area contributed by atoms with E-state index in [2.05, 4.69) is 0 Å². The van der Waals surface area contributed by atoms with E-state index in [9.17, 15) is 12.6 Å². The van der Waals surface area contributed by atoms with E-state index < -0.39 is 20.6 Å². The van der Waals surface area contributed by atoms with Crippen LogP contribution in [0.5, 0.6) is 0 Å². The maximum atomic E-state index is 12.1. The number of hydrogen-bond acceptors (Lipinski definition) is 4. The van der Waals surface area contributed by atoms with Crippen LogP contribution in [0.25, 0.3) is 0 Å². The minimum absolute atomic E-state index is 0.0222. The molecule has 1 aromatic carbocycles. The molecule has 0 saturated carbocycles. The zero-order valence-electron chi connectivity index (χ0n) is 8.63. The Balaban J connectivity index is 2.21. The van der Waals surface area contributed by atoms with Crippen LogP contribution >= 0.6 is 0 Å². The van der Waals surface area contributed by atoms with Crippen LogP contribution < -0.4 is 5.73 Å². The third-order valence-electron chi connectivity index (χ3n) is 2.58. The second kappa shape index (κ2) is 4.18. The Morgan fingerprint density at radius 3 is 2.69 bits per heavy atom. The highest BCUT2D eigenvalue weighted by molar-refractivity contribution is 7.94. The Hall–Kier alpha value is -0.880. The first-order valence-electron chi connectivity index (χ1n) is 4.94. The minimum atomic E-state index is -2.98. The lowest BCUT2D eigenvalue weighted by molar-refractivity contribution is 0.602.